The molecule has 0 aliphatic heterocycles. The third kappa shape index (κ3) is 2.49. The van der Waals surface area contributed by atoms with Gasteiger partial charge in [0.05, 0.1) is 12.3 Å². The maximum absolute atomic E-state index is 9.16. The number of pyridine rings is 1. The summed E-state index contributed by atoms with van der Waals surface area (Å²) >= 11 is 0. The van der Waals surface area contributed by atoms with E-state index in [9.17, 15) is 0 Å². The van der Waals surface area contributed by atoms with Gasteiger partial charge in [-0.3, -0.25) is 0 Å². The van der Waals surface area contributed by atoms with Gasteiger partial charge in [-0.2, -0.15) is 0 Å². The molecule has 4 N–H and O–H groups in total. The molecule has 4 aromatic rings. The lowest BCUT2D eigenvalue weighted by atomic mass is 10.0. The van der Waals surface area contributed by atoms with Crippen LogP contribution in [0.15, 0.2) is 55.0 Å². The number of nitrogens with one attached hydrogen (secondary N) is 1. The molecule has 4 rings (SSSR count). The third-order valence-electron chi connectivity index (χ3n) is 3.95. The fraction of sp³-hybridized carbons (Fsp3) is 0.0556. The van der Waals surface area contributed by atoms with Gasteiger partial charge >= 0.3 is 0 Å². The molecule has 3 aromatic heterocycles. The van der Waals surface area contributed by atoms with E-state index < -0.39 is 0 Å². The van der Waals surface area contributed by atoms with Gasteiger partial charge in [0.25, 0.3) is 0 Å². The van der Waals surface area contributed by atoms with E-state index in [1.807, 2.05) is 42.7 Å². The monoisotopic (exact) mass is 317 g/mol. The summed E-state index contributed by atoms with van der Waals surface area (Å²) in [5, 5.41) is 10.1. The van der Waals surface area contributed by atoms with E-state index in [1.54, 1.807) is 6.20 Å². The number of rotatable bonds is 3. The molecule has 0 unspecified atom stereocenters. The quantitative estimate of drug-likeness (QED) is 0.539. The van der Waals surface area contributed by atoms with Gasteiger partial charge in [0.1, 0.15) is 5.65 Å². The first-order valence-electron chi connectivity index (χ1n) is 7.51. The van der Waals surface area contributed by atoms with Crippen LogP contribution in [-0.4, -0.2) is 25.0 Å². The van der Waals surface area contributed by atoms with Crippen LogP contribution in [0.3, 0.4) is 0 Å². The number of H-pyrrole nitrogens is 1. The van der Waals surface area contributed by atoms with E-state index in [4.69, 9.17) is 10.8 Å². The molecule has 0 bridgehead atoms. The Labute approximate surface area is 138 Å². The number of nitrogens with two attached hydrogens (primary N) is 1. The molecule has 1 aromatic carbocycles. The number of hydrogen-bond donors (Lipinski definition) is 3. The first-order valence-corrected chi connectivity index (χ1v) is 7.51. The van der Waals surface area contributed by atoms with Crippen LogP contribution in [0.4, 0.5) is 5.95 Å². The van der Waals surface area contributed by atoms with Crippen LogP contribution in [0.5, 0.6) is 0 Å². The van der Waals surface area contributed by atoms with Gasteiger partial charge in [-0.25, -0.2) is 15.0 Å². The molecule has 0 fully saturated rings. The Hall–Kier alpha value is -3.25. The second-order valence-electron chi connectivity index (χ2n) is 5.48. The number of benzene rings is 1. The van der Waals surface area contributed by atoms with Gasteiger partial charge < -0.3 is 15.8 Å². The first kappa shape index (κ1) is 14.3. The van der Waals surface area contributed by atoms with Gasteiger partial charge in [-0.05, 0) is 23.3 Å². The first-order chi connectivity index (χ1) is 11.7. The molecule has 0 spiro atoms. The van der Waals surface area contributed by atoms with E-state index >= 15 is 0 Å². The summed E-state index contributed by atoms with van der Waals surface area (Å²) in [6.45, 7) is 0.0364. The second kappa shape index (κ2) is 5.75. The minimum atomic E-state index is 0.0364. The van der Waals surface area contributed by atoms with Crippen molar-refractivity contribution in [1.82, 2.24) is 19.9 Å². The Balaban J connectivity index is 1.83. The largest absolute Gasteiger partial charge is 0.392 e. The lowest BCUT2D eigenvalue weighted by molar-refractivity contribution is 0.282. The van der Waals surface area contributed by atoms with Gasteiger partial charge in [-0.1, -0.05) is 24.3 Å². The third-order valence-corrected chi connectivity index (χ3v) is 3.95. The fourth-order valence-corrected chi connectivity index (χ4v) is 2.70. The maximum Gasteiger partial charge on any atom is 0.220 e. The van der Waals surface area contributed by atoms with E-state index in [2.05, 4.69) is 26.0 Å². The number of hydrogen-bond acceptors (Lipinski definition) is 5. The molecule has 0 amide bonds. The van der Waals surface area contributed by atoms with Crippen molar-refractivity contribution in [3.05, 3.63) is 60.6 Å². The zero-order chi connectivity index (χ0) is 16.5. The van der Waals surface area contributed by atoms with Crippen LogP contribution >= 0.6 is 0 Å². The molecule has 0 aliphatic carbocycles. The Morgan fingerprint density at radius 2 is 1.88 bits per heavy atom. The number of fused-ring (bicyclic) bond motifs is 1. The van der Waals surface area contributed by atoms with Crippen molar-refractivity contribution >= 4 is 17.0 Å². The molecular formula is C18H15N5O. The van der Waals surface area contributed by atoms with Crippen LogP contribution in [0, 0.1) is 0 Å². The summed E-state index contributed by atoms with van der Waals surface area (Å²) in [5.74, 6) is 0.241. The highest BCUT2D eigenvalue weighted by atomic mass is 16.3. The van der Waals surface area contributed by atoms with Gasteiger partial charge in [0, 0.05) is 35.1 Å². The Morgan fingerprint density at radius 3 is 2.62 bits per heavy atom. The summed E-state index contributed by atoms with van der Waals surface area (Å²) < 4.78 is 0. The Morgan fingerprint density at radius 1 is 1.04 bits per heavy atom. The molecule has 118 valence electrons. The van der Waals surface area contributed by atoms with Crippen molar-refractivity contribution in [2.24, 2.45) is 0 Å². The lowest BCUT2D eigenvalue weighted by Gasteiger charge is -2.04. The van der Waals surface area contributed by atoms with Crippen LogP contribution in [0.1, 0.15) is 5.56 Å². The summed E-state index contributed by atoms with van der Waals surface area (Å²) in [6.07, 6.45) is 5.34. The fourth-order valence-electron chi connectivity index (χ4n) is 2.70. The molecular weight excluding hydrogens is 302 g/mol. The van der Waals surface area contributed by atoms with E-state index in [0.29, 0.717) is 0 Å². The zero-order valence-electron chi connectivity index (χ0n) is 12.8. The minimum absolute atomic E-state index is 0.0364. The number of aromatic nitrogens is 4. The van der Waals surface area contributed by atoms with Crippen molar-refractivity contribution in [3.8, 4) is 22.4 Å². The molecule has 0 aliphatic rings. The lowest BCUT2D eigenvalue weighted by Crippen LogP contribution is -1.94. The van der Waals surface area contributed by atoms with Crippen molar-refractivity contribution in [2.45, 2.75) is 6.61 Å². The Kier molecular flexibility index (Phi) is 3.44. The van der Waals surface area contributed by atoms with Crippen molar-refractivity contribution in [3.63, 3.8) is 0 Å². The highest BCUT2D eigenvalue weighted by molar-refractivity contribution is 5.94. The highest BCUT2D eigenvalue weighted by Gasteiger charge is 2.10. The molecule has 3 heterocycles. The summed E-state index contributed by atoms with van der Waals surface area (Å²) in [5.41, 5.74) is 11.1. The van der Waals surface area contributed by atoms with Gasteiger partial charge in [0.15, 0.2) is 0 Å². The number of nitrogens with zero attached hydrogens (tertiary/aromatic N) is 3. The number of nitrogen functional groups attached to an aromatic ring is 1. The molecule has 24 heavy (non-hydrogen) atoms. The van der Waals surface area contributed by atoms with Crippen molar-refractivity contribution < 1.29 is 5.11 Å². The predicted molar refractivity (Wildman–Crippen MR) is 92.9 cm³/mol. The summed E-state index contributed by atoms with van der Waals surface area (Å²) in [7, 11) is 0. The normalized spacial score (nSPS) is 11.0. The average Bonchev–Trinajstić information content (AvgIpc) is 3.05. The number of anilines is 1. The van der Waals surface area contributed by atoms with E-state index in [0.717, 1.165) is 39.0 Å². The maximum atomic E-state index is 9.16. The number of aromatic amines is 1. The van der Waals surface area contributed by atoms with Crippen LogP contribution in [0.25, 0.3) is 33.4 Å². The number of aliphatic hydroxyl groups is 1. The second-order valence-corrected chi connectivity index (χ2v) is 5.48. The summed E-state index contributed by atoms with van der Waals surface area (Å²) in [6, 6.07) is 11.7. The Bertz CT molecular complexity index is 1010. The van der Waals surface area contributed by atoms with Crippen molar-refractivity contribution in [1.29, 1.82) is 0 Å². The van der Waals surface area contributed by atoms with Gasteiger partial charge in [0.2, 0.25) is 5.95 Å². The molecule has 0 saturated carbocycles. The van der Waals surface area contributed by atoms with E-state index in [1.165, 1.54) is 0 Å². The minimum Gasteiger partial charge on any atom is -0.392 e. The van der Waals surface area contributed by atoms with Crippen molar-refractivity contribution in [2.75, 3.05) is 5.73 Å². The molecule has 0 saturated heterocycles. The molecule has 0 atom stereocenters. The zero-order valence-corrected chi connectivity index (χ0v) is 12.8. The topological polar surface area (TPSA) is 101 Å². The SMILES string of the molecule is Nc1nccc(-c2c[nH]c3ncc(-c4ccc(CO)cc4)cc23)n1. The van der Waals surface area contributed by atoms with Crippen LogP contribution in [-0.2, 0) is 6.61 Å². The summed E-state index contributed by atoms with van der Waals surface area (Å²) in [4.78, 5) is 15.9. The molecule has 0 radical (unpaired) electrons. The smallest absolute Gasteiger partial charge is 0.220 e. The highest BCUT2D eigenvalue weighted by Crippen LogP contribution is 2.30. The number of aliphatic hydroxyl groups excluding tert-OH is 1. The van der Waals surface area contributed by atoms with Crippen LogP contribution in [0.2, 0.25) is 0 Å². The van der Waals surface area contributed by atoms with Crippen LogP contribution < -0.4 is 5.73 Å². The van der Waals surface area contributed by atoms with Gasteiger partial charge in [-0.15, -0.1) is 0 Å². The average molecular weight is 317 g/mol. The van der Waals surface area contributed by atoms with E-state index in [-0.39, 0.29) is 12.6 Å². The predicted octanol–water partition coefficient (Wildman–Crippen LogP) is 2.76. The standard InChI is InChI=1S/C18H15N5O/c19-18-20-6-5-16(23-18)15-9-22-17-14(15)7-13(8-21-17)12-3-1-11(10-24)2-4-12/h1-9,24H,10H2,(H,21,22)(H2,19,20,23). The molecule has 6 nitrogen and oxygen atoms in total. The molecule has 6 heteroatoms.